The molecular weight excluding hydrogens is 368 g/mol. The van der Waals surface area contributed by atoms with Crippen molar-refractivity contribution >= 4 is 27.6 Å². The number of carbonyl (C=O) groups is 2. The van der Waals surface area contributed by atoms with E-state index in [9.17, 15) is 18.0 Å². The predicted molar refractivity (Wildman–Crippen MR) is 103 cm³/mol. The molecule has 1 atom stereocenters. The van der Waals surface area contributed by atoms with Crippen LogP contribution in [-0.4, -0.2) is 43.8 Å². The van der Waals surface area contributed by atoms with Gasteiger partial charge in [-0.05, 0) is 51.0 Å². The van der Waals surface area contributed by atoms with Crippen molar-refractivity contribution in [3.63, 3.8) is 0 Å². The number of hydrogen-bond donors (Lipinski definition) is 1. The number of nitrogens with one attached hydrogen (secondary N) is 1. The third-order valence-corrected chi connectivity index (χ3v) is 5.94. The summed E-state index contributed by atoms with van der Waals surface area (Å²) in [5, 5.41) is 2.60. The first-order valence-corrected chi connectivity index (χ1v) is 10.2. The number of anilines is 1. The summed E-state index contributed by atoms with van der Waals surface area (Å²) in [6.45, 7) is 4.34. The van der Waals surface area contributed by atoms with Crippen molar-refractivity contribution in [2.45, 2.75) is 37.7 Å². The van der Waals surface area contributed by atoms with Crippen molar-refractivity contribution in [3.8, 4) is 0 Å². The zero-order valence-electron chi connectivity index (χ0n) is 15.4. The molecular formula is C19H24N2O5S. The first-order valence-electron chi connectivity index (χ1n) is 8.75. The quantitative estimate of drug-likeness (QED) is 0.437. The molecule has 0 aliphatic carbocycles. The van der Waals surface area contributed by atoms with E-state index < -0.39 is 28.0 Å². The minimum Gasteiger partial charge on any atom is -0.449 e. The van der Waals surface area contributed by atoms with Crippen LogP contribution in [0.4, 0.5) is 5.69 Å². The molecule has 146 valence electrons. The van der Waals surface area contributed by atoms with E-state index in [1.165, 1.54) is 47.6 Å². The molecule has 8 heteroatoms. The fourth-order valence-corrected chi connectivity index (χ4v) is 4.06. The number of sulfonamides is 1. The maximum atomic E-state index is 12.5. The largest absolute Gasteiger partial charge is 0.449 e. The molecule has 0 radical (unpaired) electrons. The monoisotopic (exact) mass is 392 g/mol. The van der Waals surface area contributed by atoms with Gasteiger partial charge < -0.3 is 10.1 Å². The van der Waals surface area contributed by atoms with Gasteiger partial charge in [0.1, 0.15) is 0 Å². The van der Waals surface area contributed by atoms with Crippen molar-refractivity contribution in [3.05, 3.63) is 48.6 Å². The van der Waals surface area contributed by atoms with Crippen LogP contribution in [0.3, 0.4) is 0 Å². The summed E-state index contributed by atoms with van der Waals surface area (Å²) in [7, 11) is -3.49. The number of carbonyl (C=O) groups excluding carboxylic acids is 2. The van der Waals surface area contributed by atoms with Gasteiger partial charge in [0.15, 0.2) is 6.10 Å². The Hall–Kier alpha value is -2.45. The molecule has 1 amide bonds. The van der Waals surface area contributed by atoms with Crippen LogP contribution in [0.2, 0.25) is 0 Å². The molecule has 1 fully saturated rings. The van der Waals surface area contributed by atoms with E-state index >= 15 is 0 Å². The molecule has 1 N–H and O–H groups in total. The Kier molecular flexibility index (Phi) is 7.32. The van der Waals surface area contributed by atoms with Gasteiger partial charge >= 0.3 is 5.97 Å². The smallest absolute Gasteiger partial charge is 0.331 e. The van der Waals surface area contributed by atoms with E-state index in [0.717, 1.165) is 12.8 Å². The van der Waals surface area contributed by atoms with Gasteiger partial charge in [-0.3, -0.25) is 4.79 Å². The first-order chi connectivity index (χ1) is 12.8. The lowest BCUT2D eigenvalue weighted by atomic mass is 10.3. The maximum absolute atomic E-state index is 12.5. The van der Waals surface area contributed by atoms with Gasteiger partial charge in [0.05, 0.1) is 4.90 Å². The Balaban J connectivity index is 1.95. The number of rotatable bonds is 7. The van der Waals surface area contributed by atoms with Gasteiger partial charge in [-0.25, -0.2) is 13.2 Å². The molecule has 1 aromatic carbocycles. The maximum Gasteiger partial charge on any atom is 0.331 e. The summed E-state index contributed by atoms with van der Waals surface area (Å²) in [6.07, 6.45) is 6.92. The van der Waals surface area contributed by atoms with Crippen molar-refractivity contribution in [2.75, 3.05) is 18.4 Å². The lowest BCUT2D eigenvalue weighted by Crippen LogP contribution is -2.29. The first kappa shape index (κ1) is 20.9. The summed E-state index contributed by atoms with van der Waals surface area (Å²) < 4.78 is 31.4. The highest BCUT2D eigenvalue weighted by atomic mass is 32.2. The second kappa shape index (κ2) is 9.48. The average Bonchev–Trinajstić information content (AvgIpc) is 3.18. The zero-order valence-corrected chi connectivity index (χ0v) is 16.2. The molecule has 1 aliphatic rings. The van der Waals surface area contributed by atoms with Crippen molar-refractivity contribution in [2.24, 2.45) is 0 Å². The van der Waals surface area contributed by atoms with E-state index in [0.29, 0.717) is 18.8 Å². The summed E-state index contributed by atoms with van der Waals surface area (Å²) in [6, 6.07) is 5.95. The molecule has 0 bridgehead atoms. The Morgan fingerprint density at radius 3 is 2.37 bits per heavy atom. The number of benzene rings is 1. The molecule has 1 aliphatic heterocycles. The predicted octanol–water partition coefficient (Wildman–Crippen LogP) is 2.47. The lowest BCUT2D eigenvalue weighted by molar-refractivity contribution is -0.148. The third-order valence-electron chi connectivity index (χ3n) is 4.02. The highest BCUT2D eigenvalue weighted by Gasteiger charge is 2.27. The topological polar surface area (TPSA) is 92.8 Å². The third kappa shape index (κ3) is 5.77. The van der Waals surface area contributed by atoms with Gasteiger partial charge in [-0.2, -0.15) is 4.31 Å². The molecule has 1 saturated heterocycles. The zero-order chi connectivity index (χ0) is 19.9. The Bertz CT molecular complexity index is 822. The number of allylic oxidation sites excluding steroid dienone is 3. The lowest BCUT2D eigenvalue weighted by Gasteiger charge is -2.16. The van der Waals surface area contributed by atoms with Gasteiger partial charge in [0.25, 0.3) is 5.91 Å². The minimum atomic E-state index is -3.49. The minimum absolute atomic E-state index is 0.191. The molecule has 7 nitrogen and oxygen atoms in total. The van der Waals surface area contributed by atoms with Crippen molar-refractivity contribution in [1.29, 1.82) is 0 Å². The number of hydrogen-bond acceptors (Lipinski definition) is 5. The van der Waals surface area contributed by atoms with Gasteiger partial charge in [-0.15, -0.1) is 0 Å². The summed E-state index contributed by atoms with van der Waals surface area (Å²) in [5.74, 6) is -1.12. The van der Waals surface area contributed by atoms with E-state index in [1.807, 2.05) is 6.92 Å². The molecule has 0 aromatic heterocycles. The highest BCUT2D eigenvalue weighted by molar-refractivity contribution is 7.89. The van der Waals surface area contributed by atoms with E-state index in [2.05, 4.69) is 5.32 Å². The Morgan fingerprint density at radius 1 is 1.15 bits per heavy atom. The van der Waals surface area contributed by atoms with Crippen molar-refractivity contribution < 1.29 is 22.7 Å². The standard InChI is InChI=1S/C19H24N2O5S/c1-3-4-5-8-18(22)26-15(2)19(23)20-16-9-11-17(12-10-16)27(24,25)21-13-6-7-14-21/h3-5,8-12,15H,6-7,13-14H2,1-2H3,(H,20,23)/b4-3+,8-5+/t15-/m1/s1. The molecule has 1 aromatic rings. The van der Waals surface area contributed by atoms with E-state index in [4.69, 9.17) is 4.74 Å². The van der Waals surface area contributed by atoms with Crippen LogP contribution in [0.15, 0.2) is 53.5 Å². The van der Waals surface area contributed by atoms with Gasteiger partial charge in [0.2, 0.25) is 10.0 Å². The Morgan fingerprint density at radius 2 is 1.78 bits per heavy atom. The summed E-state index contributed by atoms with van der Waals surface area (Å²) in [4.78, 5) is 23.9. The molecule has 1 heterocycles. The molecule has 0 spiro atoms. The number of esters is 1. The SMILES string of the molecule is C/C=C/C=C/C(=O)O[C@H](C)C(=O)Nc1ccc(S(=O)(=O)N2CCCC2)cc1. The van der Waals surface area contributed by atoms with Crippen LogP contribution in [0.25, 0.3) is 0 Å². The molecule has 0 saturated carbocycles. The highest BCUT2D eigenvalue weighted by Crippen LogP contribution is 2.22. The van der Waals surface area contributed by atoms with Crippen LogP contribution >= 0.6 is 0 Å². The summed E-state index contributed by atoms with van der Waals surface area (Å²) >= 11 is 0. The molecule has 2 rings (SSSR count). The Labute approximate surface area is 159 Å². The fraction of sp³-hybridized carbons (Fsp3) is 0.368. The molecule has 0 unspecified atom stereocenters. The normalized spacial score (nSPS) is 16.7. The number of amides is 1. The van der Waals surface area contributed by atoms with E-state index in [-0.39, 0.29) is 4.90 Å². The van der Waals surface area contributed by atoms with Crippen LogP contribution < -0.4 is 5.32 Å². The number of ether oxygens (including phenoxy) is 1. The van der Waals surface area contributed by atoms with Crippen molar-refractivity contribution in [1.82, 2.24) is 4.31 Å². The summed E-state index contributed by atoms with van der Waals surface area (Å²) in [5.41, 5.74) is 0.424. The van der Waals surface area contributed by atoms with E-state index in [1.54, 1.807) is 12.2 Å². The fourth-order valence-electron chi connectivity index (χ4n) is 2.54. The van der Waals surface area contributed by atoms with Gasteiger partial charge in [0, 0.05) is 24.9 Å². The van der Waals surface area contributed by atoms with Crippen LogP contribution in [0, 0.1) is 0 Å². The average molecular weight is 392 g/mol. The number of nitrogens with zero attached hydrogens (tertiary/aromatic N) is 1. The second-order valence-corrected chi connectivity index (χ2v) is 8.03. The van der Waals surface area contributed by atoms with Gasteiger partial charge in [-0.1, -0.05) is 18.2 Å². The molecule has 27 heavy (non-hydrogen) atoms. The van der Waals surface area contributed by atoms with Crippen LogP contribution in [0.1, 0.15) is 26.7 Å². The van der Waals surface area contributed by atoms with Crippen LogP contribution in [0.5, 0.6) is 0 Å². The second-order valence-electron chi connectivity index (χ2n) is 6.09. The van der Waals surface area contributed by atoms with Crippen LogP contribution in [-0.2, 0) is 24.3 Å².